The fraction of sp³-hybridized carbons (Fsp3) is 0. The minimum atomic E-state index is 0.877. The first-order valence-corrected chi connectivity index (χ1v) is 10.1. The maximum Gasteiger partial charge on any atom is 0.137 e. The molecule has 0 aliphatic rings. The molecule has 3 nitrogen and oxygen atoms in total. The van der Waals surface area contributed by atoms with Crippen molar-refractivity contribution in [3.05, 3.63) is 97.1 Å². The molecule has 7 rings (SSSR count). The minimum Gasteiger partial charge on any atom is -0.456 e. The number of para-hydroxylation sites is 3. The average molecular weight is 384 g/mol. The van der Waals surface area contributed by atoms with E-state index >= 15 is 0 Å². The zero-order valence-corrected chi connectivity index (χ0v) is 16.0. The summed E-state index contributed by atoms with van der Waals surface area (Å²) in [5.41, 5.74) is 7.16. The Balaban J connectivity index is 1.66. The Hall–Kier alpha value is -4.11. The van der Waals surface area contributed by atoms with Crippen LogP contribution in [0, 0.1) is 0 Å². The highest BCUT2D eigenvalue weighted by molar-refractivity contribution is 6.14. The molecule has 0 saturated heterocycles. The molecular weight excluding hydrogens is 368 g/mol. The summed E-state index contributed by atoms with van der Waals surface area (Å²) < 4.78 is 8.39. The molecule has 30 heavy (non-hydrogen) atoms. The number of pyridine rings is 1. The third kappa shape index (κ3) is 2.06. The number of hydrogen-bond acceptors (Lipinski definition) is 2. The lowest BCUT2D eigenvalue weighted by Gasteiger charge is -2.07. The zero-order valence-electron chi connectivity index (χ0n) is 16.0. The molecule has 140 valence electrons. The maximum atomic E-state index is 6.09. The van der Waals surface area contributed by atoms with Crippen LogP contribution < -0.4 is 0 Å². The molecule has 4 aromatic carbocycles. The van der Waals surface area contributed by atoms with Crippen molar-refractivity contribution in [1.82, 2.24) is 9.55 Å². The third-order valence-electron chi connectivity index (χ3n) is 5.95. The summed E-state index contributed by atoms with van der Waals surface area (Å²) in [5.74, 6) is 0. The van der Waals surface area contributed by atoms with Crippen LogP contribution >= 0.6 is 0 Å². The number of hydrogen-bond donors (Lipinski definition) is 0. The van der Waals surface area contributed by atoms with Gasteiger partial charge in [0.2, 0.25) is 0 Å². The van der Waals surface area contributed by atoms with Crippen molar-refractivity contribution in [2.75, 3.05) is 0 Å². The molecule has 0 fully saturated rings. The van der Waals surface area contributed by atoms with E-state index < -0.39 is 0 Å². The van der Waals surface area contributed by atoms with Gasteiger partial charge in [-0.15, -0.1) is 0 Å². The van der Waals surface area contributed by atoms with E-state index in [2.05, 4.69) is 83.4 Å². The molecule has 0 amide bonds. The van der Waals surface area contributed by atoms with E-state index in [4.69, 9.17) is 9.40 Å². The lowest BCUT2D eigenvalue weighted by atomic mass is 10.1. The Labute approximate surface area is 171 Å². The number of aromatic nitrogens is 2. The lowest BCUT2D eigenvalue weighted by molar-refractivity contribution is 0.669. The Morgan fingerprint density at radius 2 is 1.37 bits per heavy atom. The van der Waals surface area contributed by atoms with Gasteiger partial charge in [-0.2, -0.15) is 0 Å². The van der Waals surface area contributed by atoms with Crippen LogP contribution in [0.5, 0.6) is 0 Å². The van der Waals surface area contributed by atoms with E-state index in [-0.39, 0.29) is 0 Å². The van der Waals surface area contributed by atoms with E-state index in [0.717, 1.165) is 60.5 Å². The molecule has 0 saturated carbocycles. The second-order valence-electron chi connectivity index (χ2n) is 7.68. The molecule has 0 atom stereocenters. The Kier molecular flexibility index (Phi) is 3.00. The highest BCUT2D eigenvalue weighted by Crippen LogP contribution is 2.36. The predicted octanol–water partition coefficient (Wildman–Crippen LogP) is 7.23. The van der Waals surface area contributed by atoms with Gasteiger partial charge in [-0.25, -0.2) is 4.98 Å². The summed E-state index contributed by atoms with van der Waals surface area (Å²) in [5, 5.41) is 4.53. The first-order chi connectivity index (χ1) is 14.9. The van der Waals surface area contributed by atoms with Crippen LogP contribution in [0.3, 0.4) is 0 Å². The van der Waals surface area contributed by atoms with Crippen molar-refractivity contribution in [3.63, 3.8) is 0 Å². The van der Waals surface area contributed by atoms with Crippen molar-refractivity contribution < 1.29 is 4.42 Å². The van der Waals surface area contributed by atoms with Crippen molar-refractivity contribution in [3.8, 4) is 5.69 Å². The quantitative estimate of drug-likeness (QED) is 0.299. The summed E-state index contributed by atoms with van der Waals surface area (Å²) in [6.45, 7) is 0. The van der Waals surface area contributed by atoms with Gasteiger partial charge in [0.1, 0.15) is 11.2 Å². The fourth-order valence-corrected chi connectivity index (χ4v) is 4.61. The SMILES string of the molecule is c1ccc(-n2c3ccccc3c3nc4cc5oc6ccccc6c5cc4cc32)cc1. The molecule has 0 bridgehead atoms. The largest absolute Gasteiger partial charge is 0.456 e. The summed E-state index contributed by atoms with van der Waals surface area (Å²) in [4.78, 5) is 5.09. The van der Waals surface area contributed by atoms with Crippen molar-refractivity contribution in [1.29, 1.82) is 0 Å². The van der Waals surface area contributed by atoms with Crippen LogP contribution in [-0.2, 0) is 0 Å². The van der Waals surface area contributed by atoms with Gasteiger partial charge in [-0.05, 0) is 36.4 Å². The summed E-state index contributed by atoms with van der Waals surface area (Å²) in [6.07, 6.45) is 0. The van der Waals surface area contributed by atoms with E-state index in [0.29, 0.717) is 0 Å². The standard InChI is InChI=1S/C27H16N2O/c1-2-8-18(9-3-1)29-23-12-6-4-11-20(23)27-24(29)15-17-14-21-19-10-5-7-13-25(19)30-26(21)16-22(17)28-27/h1-16H. The average Bonchev–Trinajstić information content (AvgIpc) is 3.31. The minimum absolute atomic E-state index is 0.877. The van der Waals surface area contributed by atoms with E-state index in [1.807, 2.05) is 18.2 Å². The second-order valence-corrected chi connectivity index (χ2v) is 7.68. The number of fused-ring (bicyclic) bond motifs is 7. The van der Waals surface area contributed by atoms with Crippen molar-refractivity contribution in [2.45, 2.75) is 0 Å². The molecular formula is C27H16N2O. The van der Waals surface area contributed by atoms with E-state index in [9.17, 15) is 0 Å². The van der Waals surface area contributed by atoms with Crippen LogP contribution in [0.4, 0.5) is 0 Å². The third-order valence-corrected chi connectivity index (χ3v) is 5.95. The van der Waals surface area contributed by atoms with E-state index in [1.165, 1.54) is 0 Å². The Bertz CT molecular complexity index is 1740. The van der Waals surface area contributed by atoms with E-state index in [1.54, 1.807) is 0 Å². The monoisotopic (exact) mass is 384 g/mol. The van der Waals surface area contributed by atoms with Gasteiger partial charge < -0.3 is 8.98 Å². The van der Waals surface area contributed by atoms with Gasteiger partial charge in [0.25, 0.3) is 0 Å². The summed E-state index contributed by atoms with van der Waals surface area (Å²) >= 11 is 0. The first kappa shape index (κ1) is 15.8. The fourth-order valence-electron chi connectivity index (χ4n) is 4.61. The van der Waals surface area contributed by atoms with Crippen LogP contribution in [0.1, 0.15) is 0 Å². The Morgan fingerprint density at radius 1 is 0.600 bits per heavy atom. The van der Waals surface area contributed by atoms with Crippen LogP contribution in [-0.4, -0.2) is 9.55 Å². The number of nitrogens with zero attached hydrogens (tertiary/aromatic N) is 2. The first-order valence-electron chi connectivity index (χ1n) is 10.1. The Morgan fingerprint density at radius 3 is 2.27 bits per heavy atom. The van der Waals surface area contributed by atoms with Gasteiger partial charge in [0, 0.05) is 33.3 Å². The normalized spacial score (nSPS) is 12.0. The summed E-state index contributed by atoms with van der Waals surface area (Å²) in [6, 6.07) is 33.7. The molecule has 3 heteroatoms. The van der Waals surface area contributed by atoms with Crippen LogP contribution in [0.25, 0.3) is 60.5 Å². The van der Waals surface area contributed by atoms with Crippen LogP contribution in [0.2, 0.25) is 0 Å². The lowest BCUT2D eigenvalue weighted by Crippen LogP contribution is -1.93. The smallest absolute Gasteiger partial charge is 0.137 e. The topological polar surface area (TPSA) is 31.0 Å². The molecule has 0 radical (unpaired) electrons. The van der Waals surface area contributed by atoms with Crippen molar-refractivity contribution in [2.24, 2.45) is 0 Å². The zero-order chi connectivity index (χ0) is 19.7. The number of benzene rings is 4. The number of furan rings is 1. The molecule has 3 aromatic heterocycles. The van der Waals surface area contributed by atoms with Gasteiger partial charge in [0.05, 0.1) is 22.1 Å². The predicted molar refractivity (Wildman–Crippen MR) is 123 cm³/mol. The summed E-state index contributed by atoms with van der Waals surface area (Å²) in [7, 11) is 0. The molecule has 3 heterocycles. The highest BCUT2D eigenvalue weighted by atomic mass is 16.3. The van der Waals surface area contributed by atoms with Gasteiger partial charge in [0.15, 0.2) is 0 Å². The van der Waals surface area contributed by atoms with Gasteiger partial charge in [-0.3, -0.25) is 0 Å². The second kappa shape index (κ2) is 5.71. The molecule has 0 N–H and O–H groups in total. The van der Waals surface area contributed by atoms with Crippen LogP contribution in [0.15, 0.2) is 101 Å². The molecule has 0 aliphatic heterocycles. The molecule has 0 aliphatic carbocycles. The van der Waals surface area contributed by atoms with Gasteiger partial charge in [-0.1, -0.05) is 54.6 Å². The van der Waals surface area contributed by atoms with Crippen molar-refractivity contribution >= 4 is 54.8 Å². The molecule has 0 spiro atoms. The maximum absolute atomic E-state index is 6.09. The van der Waals surface area contributed by atoms with Gasteiger partial charge >= 0.3 is 0 Å². The number of rotatable bonds is 1. The highest BCUT2D eigenvalue weighted by Gasteiger charge is 2.15. The molecule has 0 unspecified atom stereocenters. The molecule has 7 aromatic rings.